The number of anilines is 2. The van der Waals surface area contributed by atoms with Crippen molar-refractivity contribution in [1.29, 1.82) is 5.26 Å². The number of nitriles is 1. The van der Waals surface area contributed by atoms with Crippen LogP contribution in [0.15, 0.2) is 43.0 Å². The summed E-state index contributed by atoms with van der Waals surface area (Å²) in [6.07, 6.45) is 6.35. The Morgan fingerprint density at radius 2 is 2.29 bits per heavy atom. The lowest BCUT2D eigenvalue weighted by Gasteiger charge is -2.27. The number of likely N-dealkylation sites (N-methyl/N-ethyl adjacent to an activating group) is 1. The summed E-state index contributed by atoms with van der Waals surface area (Å²) in [7, 11) is 2.08. The predicted molar refractivity (Wildman–Crippen MR) is 91.0 cm³/mol. The van der Waals surface area contributed by atoms with Crippen molar-refractivity contribution in [1.82, 2.24) is 19.6 Å². The molecule has 7 nitrogen and oxygen atoms in total. The van der Waals surface area contributed by atoms with E-state index in [1.165, 1.54) is 0 Å². The Bertz CT molecular complexity index is 910. The average molecular weight is 319 g/mol. The second kappa shape index (κ2) is 5.81. The standard InChI is InChI=1S/C17H17N7/c1-22(14-4-2-3-13(9-14)10-18)15-5-7-23(11-15)16-17-21-20-12-24(17)8-6-19-16/h2-4,6,8-9,12,15H,5,7,11H2,1H3. The Hall–Kier alpha value is -3.14. The molecule has 0 saturated carbocycles. The van der Waals surface area contributed by atoms with Crippen LogP contribution < -0.4 is 9.80 Å². The van der Waals surface area contributed by atoms with Gasteiger partial charge in [0.2, 0.25) is 5.65 Å². The van der Waals surface area contributed by atoms with E-state index in [-0.39, 0.29) is 0 Å². The predicted octanol–water partition coefficient (Wildman–Crippen LogP) is 1.71. The van der Waals surface area contributed by atoms with Gasteiger partial charge in [-0.1, -0.05) is 6.07 Å². The highest BCUT2D eigenvalue weighted by molar-refractivity contribution is 5.64. The highest BCUT2D eigenvalue weighted by Crippen LogP contribution is 2.26. The minimum Gasteiger partial charge on any atom is -0.370 e. The Labute approximate surface area is 139 Å². The second-order valence-corrected chi connectivity index (χ2v) is 5.97. The Kier molecular flexibility index (Phi) is 3.50. The summed E-state index contributed by atoms with van der Waals surface area (Å²) < 4.78 is 1.88. The van der Waals surface area contributed by atoms with Crippen LogP contribution >= 0.6 is 0 Å². The molecule has 0 bridgehead atoms. The third-order valence-electron chi connectivity index (χ3n) is 4.59. The summed E-state index contributed by atoms with van der Waals surface area (Å²) in [4.78, 5) is 8.99. The smallest absolute Gasteiger partial charge is 0.203 e. The Morgan fingerprint density at radius 3 is 3.17 bits per heavy atom. The molecule has 1 aliphatic rings. The van der Waals surface area contributed by atoms with E-state index in [9.17, 15) is 0 Å². The fourth-order valence-electron chi connectivity index (χ4n) is 3.22. The van der Waals surface area contributed by atoms with E-state index in [2.05, 4.69) is 38.1 Å². The van der Waals surface area contributed by atoms with Crippen molar-refractivity contribution in [3.05, 3.63) is 48.5 Å². The van der Waals surface area contributed by atoms with Crippen LogP contribution in [0, 0.1) is 11.3 Å². The van der Waals surface area contributed by atoms with E-state index >= 15 is 0 Å². The van der Waals surface area contributed by atoms with Gasteiger partial charge < -0.3 is 9.80 Å². The van der Waals surface area contributed by atoms with E-state index in [0.29, 0.717) is 11.6 Å². The first-order valence-corrected chi connectivity index (χ1v) is 7.88. The lowest BCUT2D eigenvalue weighted by Crippen LogP contribution is -2.34. The largest absolute Gasteiger partial charge is 0.370 e. The van der Waals surface area contributed by atoms with Crippen LogP contribution in [0.1, 0.15) is 12.0 Å². The maximum atomic E-state index is 9.08. The molecule has 0 N–H and O–H groups in total. The van der Waals surface area contributed by atoms with Gasteiger partial charge in [-0.2, -0.15) is 5.26 Å². The van der Waals surface area contributed by atoms with Gasteiger partial charge in [-0.15, -0.1) is 10.2 Å². The maximum Gasteiger partial charge on any atom is 0.203 e. The molecule has 2 aromatic heterocycles. The molecule has 1 aromatic carbocycles. The van der Waals surface area contributed by atoms with Crippen molar-refractivity contribution in [3.8, 4) is 6.07 Å². The van der Waals surface area contributed by atoms with Crippen molar-refractivity contribution in [3.63, 3.8) is 0 Å². The summed E-state index contributed by atoms with van der Waals surface area (Å²) in [5.41, 5.74) is 2.53. The monoisotopic (exact) mass is 319 g/mol. The molecule has 120 valence electrons. The number of nitrogens with zero attached hydrogens (tertiary/aromatic N) is 7. The van der Waals surface area contributed by atoms with Gasteiger partial charge >= 0.3 is 0 Å². The van der Waals surface area contributed by atoms with Gasteiger partial charge in [0.15, 0.2) is 5.82 Å². The fraction of sp³-hybridized carbons (Fsp3) is 0.294. The molecule has 1 aliphatic heterocycles. The van der Waals surface area contributed by atoms with Crippen LogP contribution in [0.2, 0.25) is 0 Å². The molecule has 1 atom stereocenters. The lowest BCUT2D eigenvalue weighted by molar-refractivity contribution is 0.692. The van der Waals surface area contributed by atoms with Crippen molar-refractivity contribution in [2.75, 3.05) is 29.9 Å². The minimum absolute atomic E-state index is 0.365. The zero-order valence-electron chi connectivity index (χ0n) is 13.4. The van der Waals surface area contributed by atoms with Crippen LogP contribution in [-0.4, -0.2) is 45.8 Å². The van der Waals surface area contributed by atoms with E-state index in [1.807, 2.05) is 34.9 Å². The normalized spacial score (nSPS) is 17.2. The van der Waals surface area contributed by atoms with Gasteiger partial charge in [-0.3, -0.25) is 4.40 Å². The summed E-state index contributed by atoms with van der Waals surface area (Å²) in [5, 5.41) is 17.2. The molecular formula is C17H17N7. The summed E-state index contributed by atoms with van der Waals surface area (Å²) in [6, 6.07) is 10.3. The molecule has 24 heavy (non-hydrogen) atoms. The van der Waals surface area contributed by atoms with Crippen LogP contribution in [-0.2, 0) is 0 Å². The maximum absolute atomic E-state index is 9.08. The molecule has 1 fully saturated rings. The van der Waals surface area contributed by atoms with Gasteiger partial charge in [0.25, 0.3) is 0 Å². The first-order valence-electron chi connectivity index (χ1n) is 7.88. The molecule has 7 heteroatoms. The molecule has 4 rings (SSSR count). The molecule has 0 spiro atoms. The highest BCUT2D eigenvalue weighted by atomic mass is 15.3. The SMILES string of the molecule is CN(c1cccc(C#N)c1)C1CCN(c2nccn3cnnc23)C1. The first-order chi connectivity index (χ1) is 11.8. The van der Waals surface area contributed by atoms with E-state index < -0.39 is 0 Å². The Balaban J connectivity index is 1.56. The molecule has 3 heterocycles. The van der Waals surface area contributed by atoms with Gasteiger partial charge in [0, 0.05) is 44.3 Å². The molecule has 3 aromatic rings. The number of fused-ring (bicyclic) bond motifs is 1. The third kappa shape index (κ3) is 2.42. The molecule has 0 amide bonds. The van der Waals surface area contributed by atoms with Crippen LogP contribution in [0.3, 0.4) is 0 Å². The number of hydrogen-bond acceptors (Lipinski definition) is 6. The van der Waals surface area contributed by atoms with Gasteiger partial charge in [0.1, 0.15) is 6.33 Å². The molecule has 0 radical (unpaired) electrons. The highest BCUT2D eigenvalue weighted by Gasteiger charge is 2.28. The summed E-state index contributed by atoms with van der Waals surface area (Å²) in [5.74, 6) is 0.872. The third-order valence-corrected chi connectivity index (χ3v) is 4.59. The first kappa shape index (κ1) is 14.5. The van der Waals surface area contributed by atoms with E-state index in [1.54, 1.807) is 12.5 Å². The number of aromatic nitrogens is 4. The van der Waals surface area contributed by atoms with Crippen molar-refractivity contribution in [2.24, 2.45) is 0 Å². The minimum atomic E-state index is 0.365. The van der Waals surface area contributed by atoms with Crippen molar-refractivity contribution >= 4 is 17.2 Å². The zero-order chi connectivity index (χ0) is 16.5. The molecule has 1 saturated heterocycles. The van der Waals surface area contributed by atoms with Crippen molar-refractivity contribution < 1.29 is 0 Å². The van der Waals surface area contributed by atoms with E-state index in [0.717, 1.165) is 36.7 Å². The van der Waals surface area contributed by atoms with Crippen LogP contribution in [0.25, 0.3) is 5.65 Å². The van der Waals surface area contributed by atoms with Crippen LogP contribution in [0.5, 0.6) is 0 Å². The molecular weight excluding hydrogens is 302 g/mol. The van der Waals surface area contributed by atoms with Gasteiger partial charge in [0.05, 0.1) is 11.6 Å². The average Bonchev–Trinajstić information content (AvgIpc) is 3.30. The number of hydrogen-bond donors (Lipinski definition) is 0. The van der Waals surface area contributed by atoms with Crippen molar-refractivity contribution in [2.45, 2.75) is 12.5 Å². The zero-order valence-corrected chi connectivity index (χ0v) is 13.4. The fourth-order valence-corrected chi connectivity index (χ4v) is 3.22. The Morgan fingerprint density at radius 1 is 1.38 bits per heavy atom. The summed E-state index contributed by atoms with van der Waals surface area (Å²) in [6.45, 7) is 1.79. The van der Waals surface area contributed by atoms with Gasteiger partial charge in [-0.25, -0.2) is 4.98 Å². The quantitative estimate of drug-likeness (QED) is 0.732. The molecule has 0 aliphatic carbocycles. The number of benzene rings is 1. The van der Waals surface area contributed by atoms with Crippen LogP contribution in [0.4, 0.5) is 11.5 Å². The van der Waals surface area contributed by atoms with Gasteiger partial charge in [-0.05, 0) is 24.6 Å². The number of rotatable bonds is 3. The second-order valence-electron chi connectivity index (χ2n) is 5.97. The van der Waals surface area contributed by atoms with E-state index in [4.69, 9.17) is 5.26 Å². The molecule has 1 unspecified atom stereocenters. The lowest BCUT2D eigenvalue weighted by atomic mass is 10.1. The topological polar surface area (TPSA) is 73.4 Å². The summed E-state index contributed by atoms with van der Waals surface area (Å²) >= 11 is 0.